The first-order valence-corrected chi connectivity index (χ1v) is 7.32. The van der Waals surface area contributed by atoms with Gasteiger partial charge in [0.2, 0.25) is 5.91 Å². The molecule has 1 aromatic rings. The van der Waals surface area contributed by atoms with E-state index in [1.54, 1.807) is 24.3 Å². The fourth-order valence-electron chi connectivity index (χ4n) is 1.68. The van der Waals surface area contributed by atoms with E-state index < -0.39 is 0 Å². The Morgan fingerprint density at radius 1 is 1.53 bits per heavy atom. The van der Waals surface area contributed by atoms with Gasteiger partial charge in [-0.15, -0.1) is 0 Å². The summed E-state index contributed by atoms with van der Waals surface area (Å²) < 4.78 is 5.09. The smallest absolute Gasteiger partial charge is 0.224 e. The van der Waals surface area contributed by atoms with Crippen molar-refractivity contribution in [1.29, 1.82) is 5.26 Å². The molecular formula is C14H16N2O2S. The van der Waals surface area contributed by atoms with E-state index in [1.165, 1.54) is 0 Å². The molecule has 0 aliphatic carbocycles. The van der Waals surface area contributed by atoms with Gasteiger partial charge in [-0.3, -0.25) is 4.79 Å². The zero-order valence-corrected chi connectivity index (χ0v) is 11.4. The highest BCUT2D eigenvalue weighted by Crippen LogP contribution is 2.20. The van der Waals surface area contributed by atoms with Crippen LogP contribution in [0.3, 0.4) is 0 Å². The van der Waals surface area contributed by atoms with Crippen molar-refractivity contribution >= 4 is 23.4 Å². The predicted molar refractivity (Wildman–Crippen MR) is 76.1 cm³/mol. The third-order valence-corrected chi connectivity index (χ3v) is 4.05. The summed E-state index contributed by atoms with van der Waals surface area (Å²) in [6.07, 6.45) is 1.38. The summed E-state index contributed by atoms with van der Waals surface area (Å²) in [4.78, 5) is 11.7. The molecule has 0 bridgehead atoms. The van der Waals surface area contributed by atoms with Crippen molar-refractivity contribution in [3.8, 4) is 6.07 Å². The van der Waals surface area contributed by atoms with Crippen LogP contribution in [0.1, 0.15) is 18.4 Å². The van der Waals surface area contributed by atoms with E-state index in [0.29, 0.717) is 22.9 Å². The summed E-state index contributed by atoms with van der Waals surface area (Å²) in [5.74, 6) is 0.986. The van der Waals surface area contributed by atoms with Crippen molar-refractivity contribution in [2.45, 2.75) is 18.1 Å². The standard InChI is InChI=1S/C14H16N2O2S/c15-8-11-3-1-4-12(7-11)16-14(17)5-2-6-19-13-9-18-10-13/h1,3-4,7,13H,2,5-6,9-10H2,(H,16,17). The number of rotatable bonds is 6. The lowest BCUT2D eigenvalue weighted by atomic mass is 10.2. The molecule has 0 radical (unpaired) electrons. The van der Waals surface area contributed by atoms with E-state index in [4.69, 9.17) is 10.00 Å². The minimum absolute atomic E-state index is 0.000509. The fraction of sp³-hybridized carbons (Fsp3) is 0.429. The van der Waals surface area contributed by atoms with E-state index in [2.05, 4.69) is 11.4 Å². The summed E-state index contributed by atoms with van der Waals surface area (Å²) in [6, 6.07) is 9.00. The third-order valence-electron chi connectivity index (χ3n) is 2.78. The Labute approximate surface area is 117 Å². The third kappa shape index (κ3) is 4.58. The van der Waals surface area contributed by atoms with E-state index >= 15 is 0 Å². The van der Waals surface area contributed by atoms with Gasteiger partial charge in [0.05, 0.1) is 30.1 Å². The Morgan fingerprint density at radius 2 is 2.37 bits per heavy atom. The summed E-state index contributed by atoms with van der Waals surface area (Å²) >= 11 is 1.87. The highest BCUT2D eigenvalue weighted by atomic mass is 32.2. The number of nitrogens with one attached hydrogen (secondary N) is 1. The van der Waals surface area contributed by atoms with Gasteiger partial charge in [-0.05, 0) is 30.4 Å². The van der Waals surface area contributed by atoms with Crippen LogP contribution in [0.25, 0.3) is 0 Å². The normalized spacial score (nSPS) is 14.5. The molecule has 0 unspecified atom stereocenters. The van der Waals surface area contributed by atoms with Crippen molar-refractivity contribution in [2.24, 2.45) is 0 Å². The monoisotopic (exact) mass is 276 g/mol. The number of hydrogen-bond acceptors (Lipinski definition) is 4. The molecule has 19 heavy (non-hydrogen) atoms. The zero-order chi connectivity index (χ0) is 13.5. The Morgan fingerprint density at radius 3 is 3.05 bits per heavy atom. The van der Waals surface area contributed by atoms with Crippen LogP contribution < -0.4 is 5.32 Å². The van der Waals surface area contributed by atoms with Gasteiger partial charge in [0.25, 0.3) is 0 Å². The molecule has 0 aromatic heterocycles. The number of benzene rings is 1. The van der Waals surface area contributed by atoms with Gasteiger partial charge in [0.1, 0.15) is 0 Å². The highest BCUT2D eigenvalue weighted by Gasteiger charge is 2.18. The number of nitrogens with zero attached hydrogens (tertiary/aromatic N) is 1. The quantitative estimate of drug-likeness (QED) is 0.810. The van der Waals surface area contributed by atoms with Crippen LogP contribution in [0, 0.1) is 11.3 Å². The van der Waals surface area contributed by atoms with Crippen LogP contribution in [0.5, 0.6) is 0 Å². The van der Waals surface area contributed by atoms with Gasteiger partial charge in [0.15, 0.2) is 0 Å². The molecule has 1 aliphatic rings. The molecule has 1 N–H and O–H groups in total. The van der Waals surface area contributed by atoms with Crippen LogP contribution in [0.4, 0.5) is 5.69 Å². The topological polar surface area (TPSA) is 62.1 Å². The largest absolute Gasteiger partial charge is 0.379 e. The van der Waals surface area contributed by atoms with Crippen molar-refractivity contribution in [1.82, 2.24) is 0 Å². The van der Waals surface area contributed by atoms with E-state index in [-0.39, 0.29) is 5.91 Å². The zero-order valence-electron chi connectivity index (χ0n) is 10.6. The minimum atomic E-state index is 0.000509. The molecule has 1 aromatic carbocycles. The lowest BCUT2D eigenvalue weighted by Crippen LogP contribution is -2.30. The molecule has 0 spiro atoms. The van der Waals surface area contributed by atoms with Crippen LogP contribution in [-0.2, 0) is 9.53 Å². The first-order chi connectivity index (χ1) is 9.28. The second-order valence-electron chi connectivity index (χ2n) is 4.37. The van der Waals surface area contributed by atoms with Crippen molar-refractivity contribution in [2.75, 3.05) is 24.3 Å². The van der Waals surface area contributed by atoms with Crippen LogP contribution in [0.2, 0.25) is 0 Å². The molecule has 1 amide bonds. The first-order valence-electron chi connectivity index (χ1n) is 6.27. The maximum absolute atomic E-state index is 11.7. The van der Waals surface area contributed by atoms with Crippen molar-refractivity contribution < 1.29 is 9.53 Å². The molecule has 4 nitrogen and oxygen atoms in total. The van der Waals surface area contributed by atoms with Gasteiger partial charge in [-0.2, -0.15) is 17.0 Å². The van der Waals surface area contributed by atoms with E-state index in [1.807, 2.05) is 11.8 Å². The second-order valence-corrected chi connectivity index (χ2v) is 5.78. The number of thioether (sulfide) groups is 1. The average Bonchev–Trinajstić information content (AvgIpc) is 2.36. The van der Waals surface area contributed by atoms with Gasteiger partial charge in [0, 0.05) is 12.1 Å². The number of carbonyl (C=O) groups is 1. The van der Waals surface area contributed by atoms with Crippen molar-refractivity contribution in [3.05, 3.63) is 29.8 Å². The van der Waals surface area contributed by atoms with Gasteiger partial charge < -0.3 is 10.1 Å². The Bertz CT molecular complexity index is 481. The number of hydrogen-bond donors (Lipinski definition) is 1. The maximum atomic E-state index is 11.7. The Kier molecular flexibility index (Phi) is 5.25. The minimum Gasteiger partial charge on any atom is -0.379 e. The summed E-state index contributed by atoms with van der Waals surface area (Å²) in [7, 11) is 0. The molecule has 1 fully saturated rings. The van der Waals surface area contributed by atoms with Crippen LogP contribution in [0.15, 0.2) is 24.3 Å². The van der Waals surface area contributed by atoms with Crippen molar-refractivity contribution in [3.63, 3.8) is 0 Å². The molecule has 100 valence electrons. The summed E-state index contributed by atoms with van der Waals surface area (Å²) in [5, 5.41) is 12.2. The predicted octanol–water partition coefficient (Wildman–Crippen LogP) is 2.41. The molecular weight excluding hydrogens is 260 g/mol. The second kappa shape index (κ2) is 7.17. The van der Waals surface area contributed by atoms with Crippen LogP contribution >= 0.6 is 11.8 Å². The lowest BCUT2D eigenvalue weighted by Gasteiger charge is -2.25. The Hall–Kier alpha value is -1.51. The number of carbonyl (C=O) groups excluding carboxylic acids is 1. The number of nitriles is 1. The number of amides is 1. The lowest BCUT2D eigenvalue weighted by molar-refractivity contribution is -0.116. The van der Waals surface area contributed by atoms with Gasteiger partial charge in [-0.25, -0.2) is 0 Å². The first kappa shape index (κ1) is 13.9. The van der Waals surface area contributed by atoms with E-state index in [0.717, 1.165) is 25.4 Å². The molecule has 2 rings (SSSR count). The molecule has 1 saturated heterocycles. The summed E-state index contributed by atoms with van der Waals surface area (Å²) in [6.45, 7) is 1.69. The van der Waals surface area contributed by atoms with Crippen LogP contribution in [-0.4, -0.2) is 30.1 Å². The fourth-order valence-corrected chi connectivity index (χ4v) is 2.71. The molecule has 1 heterocycles. The molecule has 0 saturated carbocycles. The molecule has 0 atom stereocenters. The molecule has 5 heteroatoms. The SMILES string of the molecule is N#Cc1cccc(NC(=O)CCCSC2COC2)c1. The number of ether oxygens (including phenoxy) is 1. The maximum Gasteiger partial charge on any atom is 0.224 e. The molecule has 1 aliphatic heterocycles. The van der Waals surface area contributed by atoms with Gasteiger partial charge in [-0.1, -0.05) is 6.07 Å². The van der Waals surface area contributed by atoms with E-state index in [9.17, 15) is 4.79 Å². The Balaban J connectivity index is 1.66. The highest BCUT2D eigenvalue weighted by molar-refractivity contribution is 8.00. The number of anilines is 1. The van der Waals surface area contributed by atoms with Gasteiger partial charge >= 0.3 is 0 Å². The summed E-state index contributed by atoms with van der Waals surface area (Å²) in [5.41, 5.74) is 1.24. The average molecular weight is 276 g/mol.